The van der Waals surface area contributed by atoms with Gasteiger partial charge in [0.15, 0.2) is 5.69 Å². The molecular formula is C34H38ClN7O8. The zero-order valence-electron chi connectivity index (χ0n) is 27.7. The summed E-state index contributed by atoms with van der Waals surface area (Å²) < 4.78 is 30.0. The molecule has 15 nitrogen and oxygen atoms in total. The van der Waals surface area contributed by atoms with Crippen LogP contribution in [0.4, 0.5) is 11.4 Å². The highest BCUT2D eigenvalue weighted by molar-refractivity contribution is 6.19. The van der Waals surface area contributed by atoms with Gasteiger partial charge in [-0.2, -0.15) is 0 Å². The van der Waals surface area contributed by atoms with Crippen molar-refractivity contribution in [2.75, 3.05) is 83.1 Å². The highest BCUT2D eigenvalue weighted by Crippen LogP contribution is 2.48. The number of carbonyl (C=O) groups excluding carboxylic acids is 2. The van der Waals surface area contributed by atoms with E-state index in [1.54, 1.807) is 60.2 Å². The summed E-state index contributed by atoms with van der Waals surface area (Å²) in [5.74, 6) is -0.0806. The summed E-state index contributed by atoms with van der Waals surface area (Å²) in [6.07, 6.45) is 4.80. The molecule has 4 heterocycles. The van der Waals surface area contributed by atoms with E-state index >= 15 is 0 Å². The predicted molar refractivity (Wildman–Crippen MR) is 185 cm³/mol. The zero-order valence-corrected chi connectivity index (χ0v) is 28.5. The van der Waals surface area contributed by atoms with Gasteiger partial charge in [0.1, 0.15) is 22.8 Å². The van der Waals surface area contributed by atoms with Gasteiger partial charge < -0.3 is 43.4 Å². The van der Waals surface area contributed by atoms with Crippen LogP contribution in [-0.4, -0.2) is 114 Å². The molecule has 2 aromatic carbocycles. The number of phenolic OH excluding ortho intramolecular Hbond substituents is 1. The second kappa shape index (κ2) is 16.3. The minimum atomic E-state index is -0.447. The van der Waals surface area contributed by atoms with Crippen molar-refractivity contribution in [3.8, 4) is 11.5 Å². The van der Waals surface area contributed by atoms with Crippen molar-refractivity contribution in [3.05, 3.63) is 71.9 Å². The molecule has 1 aliphatic heterocycles. The van der Waals surface area contributed by atoms with Crippen molar-refractivity contribution in [2.45, 2.75) is 12.5 Å². The molecule has 6 rings (SSSR count). The van der Waals surface area contributed by atoms with Crippen LogP contribution in [0.1, 0.15) is 32.5 Å². The van der Waals surface area contributed by atoms with Crippen LogP contribution in [0.2, 0.25) is 0 Å². The van der Waals surface area contributed by atoms with Gasteiger partial charge in [-0.05, 0) is 23.8 Å². The van der Waals surface area contributed by atoms with Crippen molar-refractivity contribution in [1.82, 2.24) is 24.4 Å². The van der Waals surface area contributed by atoms with E-state index in [2.05, 4.69) is 20.6 Å². The van der Waals surface area contributed by atoms with Crippen LogP contribution in [0.3, 0.4) is 0 Å². The number of rotatable bonds is 17. The van der Waals surface area contributed by atoms with Crippen molar-refractivity contribution in [3.63, 3.8) is 0 Å². The molecule has 2 amide bonds. The van der Waals surface area contributed by atoms with Gasteiger partial charge in [-0.3, -0.25) is 9.59 Å². The number of nitrogens with one attached hydrogen (secondary N) is 1. The van der Waals surface area contributed by atoms with Gasteiger partial charge in [0.05, 0.1) is 77.5 Å². The van der Waals surface area contributed by atoms with E-state index in [4.69, 9.17) is 35.3 Å². The molecule has 5 aromatic rings. The molecule has 0 bridgehead atoms. The normalized spacial score (nSPS) is 14.1. The fraction of sp³-hybridized carbons (Fsp3) is 0.382. The Hall–Kier alpha value is -4.80. The van der Waals surface area contributed by atoms with Crippen molar-refractivity contribution >= 4 is 51.2 Å². The predicted octanol–water partition coefficient (Wildman–Crippen LogP) is 3.72. The van der Waals surface area contributed by atoms with Crippen molar-refractivity contribution in [2.24, 2.45) is 0 Å². The Morgan fingerprint density at radius 3 is 2.46 bits per heavy atom. The molecule has 0 unspecified atom stereocenters. The first-order valence-electron chi connectivity index (χ1n) is 16.0. The summed E-state index contributed by atoms with van der Waals surface area (Å²) in [6, 6.07) is 10.4. The fourth-order valence-electron chi connectivity index (χ4n) is 5.83. The molecule has 0 aliphatic carbocycles. The lowest BCUT2D eigenvalue weighted by atomic mass is 9.94. The molecular weight excluding hydrogens is 670 g/mol. The minimum absolute atomic E-state index is 0.0342. The summed E-state index contributed by atoms with van der Waals surface area (Å²) in [5, 5.41) is 23.0. The van der Waals surface area contributed by atoms with Crippen LogP contribution in [0.25, 0.3) is 16.4 Å². The quantitative estimate of drug-likeness (QED) is 0.107. The van der Waals surface area contributed by atoms with Crippen LogP contribution in [0, 0.1) is 0 Å². The van der Waals surface area contributed by atoms with Gasteiger partial charge >= 0.3 is 0 Å². The number of fused-ring (bicyclic) bond motifs is 4. The van der Waals surface area contributed by atoms with Gasteiger partial charge in [-0.25, -0.2) is 9.67 Å². The van der Waals surface area contributed by atoms with E-state index < -0.39 is 5.91 Å². The molecule has 1 aliphatic rings. The lowest BCUT2D eigenvalue weighted by Crippen LogP contribution is -2.30. The first-order chi connectivity index (χ1) is 24.4. The van der Waals surface area contributed by atoms with Crippen LogP contribution in [-0.2, 0) is 25.5 Å². The van der Waals surface area contributed by atoms with Crippen LogP contribution >= 0.6 is 11.6 Å². The molecule has 1 atom stereocenters. The second-order valence-electron chi connectivity index (χ2n) is 11.4. The number of ether oxygens (including phenoxy) is 5. The van der Waals surface area contributed by atoms with E-state index in [1.165, 1.54) is 10.9 Å². The maximum Gasteiger partial charge on any atom is 0.278 e. The lowest BCUT2D eigenvalue weighted by molar-refractivity contribution is 0.00244. The number of amides is 2. The Kier molecular flexibility index (Phi) is 11.4. The molecule has 2 N–H and O–H groups in total. The number of hydrogen-bond donors (Lipinski definition) is 2. The second-order valence-corrected chi connectivity index (χ2v) is 11.7. The van der Waals surface area contributed by atoms with Gasteiger partial charge in [-0.1, -0.05) is 17.3 Å². The number of hydrogen-bond acceptors (Lipinski definition) is 11. The first kappa shape index (κ1) is 35.0. The molecule has 0 saturated carbocycles. The molecule has 264 valence electrons. The number of pyridine rings is 1. The van der Waals surface area contributed by atoms with E-state index in [1.807, 2.05) is 12.1 Å². The Labute approximate surface area is 292 Å². The van der Waals surface area contributed by atoms with Gasteiger partial charge in [-0.15, -0.1) is 16.7 Å². The number of imidazole rings is 1. The van der Waals surface area contributed by atoms with Crippen LogP contribution in [0.15, 0.2) is 55.0 Å². The summed E-state index contributed by atoms with van der Waals surface area (Å²) in [7, 11) is 3.19. The smallest absolute Gasteiger partial charge is 0.278 e. The standard InChI is InChI=1S/C34H38ClN7O8/c1-46-10-11-49-14-15-50-13-12-48-9-8-41-21-25(38-39-41)33(44)36-23-6-7-30-37-26(20-40(30)19-23)34(45)42-18-22(17-35)31-27(42)16-28(43)24-4-3-5-29(47-2)32(24)31/h3-7,16,19-22,43H,8-15,17-18H2,1-2H3,(H,36,44)/t22-/m1/s1. The first-order valence-corrected chi connectivity index (χ1v) is 16.6. The van der Waals surface area contributed by atoms with Gasteiger partial charge in [0.25, 0.3) is 11.8 Å². The van der Waals surface area contributed by atoms with E-state index in [0.717, 1.165) is 10.9 Å². The number of halogens is 1. The van der Waals surface area contributed by atoms with E-state index in [0.29, 0.717) is 87.5 Å². The molecule has 0 saturated heterocycles. The van der Waals surface area contributed by atoms with Crippen LogP contribution in [0.5, 0.6) is 11.5 Å². The molecule has 3 aromatic heterocycles. The average Bonchev–Trinajstić information content (AvgIpc) is 3.87. The third kappa shape index (κ3) is 7.66. The number of benzene rings is 2. The molecule has 50 heavy (non-hydrogen) atoms. The largest absolute Gasteiger partial charge is 0.507 e. The Bertz CT molecular complexity index is 1970. The molecule has 0 spiro atoms. The third-order valence-corrected chi connectivity index (χ3v) is 8.59. The monoisotopic (exact) mass is 707 g/mol. The maximum atomic E-state index is 13.9. The highest BCUT2D eigenvalue weighted by atomic mass is 35.5. The summed E-state index contributed by atoms with van der Waals surface area (Å²) in [5.41, 5.74) is 2.71. The summed E-state index contributed by atoms with van der Waals surface area (Å²) >= 11 is 6.40. The zero-order chi connectivity index (χ0) is 35.0. The Morgan fingerprint density at radius 1 is 0.960 bits per heavy atom. The number of alkyl halides is 1. The summed E-state index contributed by atoms with van der Waals surface area (Å²) in [6.45, 7) is 4.01. The van der Waals surface area contributed by atoms with Crippen LogP contribution < -0.4 is 15.0 Å². The van der Waals surface area contributed by atoms with Gasteiger partial charge in [0, 0.05) is 54.7 Å². The molecule has 0 radical (unpaired) electrons. The van der Waals surface area contributed by atoms with E-state index in [9.17, 15) is 14.7 Å². The molecule has 16 heteroatoms. The van der Waals surface area contributed by atoms with Crippen molar-refractivity contribution in [1.29, 1.82) is 0 Å². The van der Waals surface area contributed by atoms with E-state index in [-0.39, 0.29) is 34.8 Å². The SMILES string of the molecule is COCCOCCOCCOCCn1cc(C(=O)Nc2ccc3nc(C(=O)N4C[C@@H](CCl)c5c4cc(O)c4cccc(OC)c54)cn3c2)nn1. The highest BCUT2D eigenvalue weighted by Gasteiger charge is 2.36. The number of aromatic nitrogens is 5. The number of methoxy groups -OCH3 is 2. The fourth-order valence-corrected chi connectivity index (χ4v) is 6.08. The topological polar surface area (TPSA) is 164 Å². The average molecular weight is 708 g/mol. The maximum absolute atomic E-state index is 13.9. The van der Waals surface area contributed by atoms with Crippen molar-refractivity contribution < 1.29 is 38.4 Å². The number of aromatic hydroxyl groups is 1. The number of phenols is 1. The minimum Gasteiger partial charge on any atom is -0.507 e. The Morgan fingerprint density at radius 2 is 1.72 bits per heavy atom. The number of anilines is 2. The number of nitrogens with zero attached hydrogens (tertiary/aromatic N) is 6. The van der Waals surface area contributed by atoms with Gasteiger partial charge in [0.2, 0.25) is 0 Å². The Balaban J connectivity index is 1.06. The third-order valence-electron chi connectivity index (χ3n) is 8.21. The summed E-state index contributed by atoms with van der Waals surface area (Å²) in [4.78, 5) is 32.9. The number of carbonyl (C=O) groups is 2. The molecule has 0 fully saturated rings. The lowest BCUT2D eigenvalue weighted by Gasteiger charge is -2.17.